The van der Waals surface area contributed by atoms with E-state index in [-0.39, 0.29) is 5.63 Å². The summed E-state index contributed by atoms with van der Waals surface area (Å²) in [6, 6.07) is 15.5. The molecule has 0 unspecified atom stereocenters. The van der Waals surface area contributed by atoms with E-state index in [1.165, 1.54) is 5.56 Å². The molecule has 3 aromatic rings. The van der Waals surface area contributed by atoms with Crippen molar-refractivity contribution in [2.45, 2.75) is 13.8 Å². The number of aryl methyl sites for hydroxylation is 2. The number of nitrogens with one attached hydrogen (secondary N) is 1. The molecule has 0 aliphatic rings. The second-order valence-corrected chi connectivity index (χ2v) is 5.56. The molecule has 0 atom stereocenters. The Morgan fingerprint density at radius 3 is 2.61 bits per heavy atom. The lowest BCUT2D eigenvalue weighted by Crippen LogP contribution is -2.11. The average molecular weight is 309 g/mol. The van der Waals surface area contributed by atoms with Gasteiger partial charge in [-0.25, -0.2) is 4.79 Å². The minimum Gasteiger partial charge on any atom is -0.492 e. The number of fused-ring (bicyclic) bond motifs is 1. The van der Waals surface area contributed by atoms with E-state index in [4.69, 9.17) is 9.15 Å². The van der Waals surface area contributed by atoms with Gasteiger partial charge in [0.1, 0.15) is 17.9 Å². The smallest absolute Gasteiger partial charge is 0.339 e. The van der Waals surface area contributed by atoms with Gasteiger partial charge in [0, 0.05) is 23.2 Å². The Morgan fingerprint density at radius 1 is 1.04 bits per heavy atom. The molecule has 0 fully saturated rings. The number of benzene rings is 2. The fraction of sp³-hybridized carbons (Fsp3) is 0.211. The van der Waals surface area contributed by atoms with Gasteiger partial charge >= 0.3 is 5.63 Å². The van der Waals surface area contributed by atoms with Crippen LogP contribution in [0, 0.1) is 13.8 Å². The zero-order chi connectivity index (χ0) is 16.2. The van der Waals surface area contributed by atoms with Crippen LogP contribution in [0.3, 0.4) is 0 Å². The molecule has 0 radical (unpaired) electrons. The summed E-state index contributed by atoms with van der Waals surface area (Å²) in [6.07, 6.45) is 0. The summed E-state index contributed by atoms with van der Waals surface area (Å²) in [5.74, 6) is 0.869. The third-order valence-corrected chi connectivity index (χ3v) is 3.63. The molecular weight excluding hydrogens is 290 g/mol. The van der Waals surface area contributed by atoms with Crippen LogP contribution in [0.25, 0.3) is 11.0 Å². The maximum Gasteiger partial charge on any atom is 0.339 e. The number of rotatable bonds is 5. The standard InChI is InChI=1S/C19H19NO3/c1-13-3-6-17(7-4-13)22-10-9-20-16-5-8-18-15(12-16)11-14(2)19(21)23-18/h3-8,11-12,20H,9-10H2,1-2H3. The largest absolute Gasteiger partial charge is 0.492 e. The SMILES string of the molecule is Cc1ccc(OCCNc2ccc3oc(=O)c(C)cc3c2)cc1. The molecule has 4 heteroatoms. The van der Waals surface area contributed by atoms with Crippen molar-refractivity contribution >= 4 is 16.7 Å². The van der Waals surface area contributed by atoms with Gasteiger partial charge in [0.25, 0.3) is 0 Å². The summed E-state index contributed by atoms with van der Waals surface area (Å²) in [7, 11) is 0. The van der Waals surface area contributed by atoms with Gasteiger partial charge in [-0.05, 0) is 50.2 Å². The van der Waals surface area contributed by atoms with E-state index < -0.39 is 0 Å². The molecule has 4 nitrogen and oxygen atoms in total. The quantitative estimate of drug-likeness (QED) is 0.573. The third kappa shape index (κ3) is 3.72. The average Bonchev–Trinajstić information content (AvgIpc) is 2.54. The molecule has 0 aliphatic heterocycles. The van der Waals surface area contributed by atoms with E-state index in [0.717, 1.165) is 16.8 Å². The van der Waals surface area contributed by atoms with Crippen molar-refractivity contribution in [2.24, 2.45) is 0 Å². The van der Waals surface area contributed by atoms with E-state index in [2.05, 4.69) is 12.2 Å². The minimum atomic E-state index is -0.287. The van der Waals surface area contributed by atoms with Crippen molar-refractivity contribution < 1.29 is 9.15 Å². The van der Waals surface area contributed by atoms with Crippen LogP contribution in [0.15, 0.2) is 57.7 Å². The molecule has 3 rings (SSSR count). The van der Waals surface area contributed by atoms with Crippen molar-refractivity contribution in [3.63, 3.8) is 0 Å². The first kappa shape index (κ1) is 15.2. The zero-order valence-corrected chi connectivity index (χ0v) is 13.3. The summed E-state index contributed by atoms with van der Waals surface area (Å²) in [5.41, 5.74) is 3.11. The van der Waals surface area contributed by atoms with Gasteiger partial charge in [-0.2, -0.15) is 0 Å². The number of hydrogen-bond donors (Lipinski definition) is 1. The van der Waals surface area contributed by atoms with Gasteiger partial charge in [0.2, 0.25) is 0 Å². The fourth-order valence-corrected chi connectivity index (χ4v) is 2.34. The van der Waals surface area contributed by atoms with Crippen molar-refractivity contribution in [3.8, 4) is 5.75 Å². The van der Waals surface area contributed by atoms with Gasteiger partial charge in [-0.1, -0.05) is 17.7 Å². The monoisotopic (exact) mass is 309 g/mol. The van der Waals surface area contributed by atoms with Crippen LogP contribution in [0.5, 0.6) is 5.75 Å². The molecule has 0 saturated carbocycles. The Labute approximate surface area is 134 Å². The van der Waals surface area contributed by atoms with Crippen molar-refractivity contribution in [3.05, 3.63) is 70.1 Å². The third-order valence-electron chi connectivity index (χ3n) is 3.63. The summed E-state index contributed by atoms with van der Waals surface area (Å²) >= 11 is 0. The molecule has 1 heterocycles. The molecule has 1 aromatic heterocycles. The maximum atomic E-state index is 11.5. The predicted molar refractivity (Wildman–Crippen MR) is 92.4 cm³/mol. The highest BCUT2D eigenvalue weighted by molar-refractivity contribution is 5.81. The van der Waals surface area contributed by atoms with Gasteiger partial charge in [0.05, 0.1) is 0 Å². The lowest BCUT2D eigenvalue weighted by molar-refractivity contribution is 0.333. The molecule has 1 N–H and O–H groups in total. The number of anilines is 1. The van der Waals surface area contributed by atoms with Gasteiger partial charge in [-0.15, -0.1) is 0 Å². The number of hydrogen-bond acceptors (Lipinski definition) is 4. The molecule has 23 heavy (non-hydrogen) atoms. The van der Waals surface area contributed by atoms with Crippen LogP contribution in [0.1, 0.15) is 11.1 Å². The maximum absolute atomic E-state index is 11.5. The first-order valence-electron chi connectivity index (χ1n) is 7.60. The van der Waals surface area contributed by atoms with Gasteiger partial charge in [0.15, 0.2) is 0 Å². The van der Waals surface area contributed by atoms with Gasteiger partial charge < -0.3 is 14.5 Å². The van der Waals surface area contributed by atoms with Crippen LogP contribution >= 0.6 is 0 Å². The van der Waals surface area contributed by atoms with Crippen LogP contribution < -0.4 is 15.7 Å². The second kappa shape index (κ2) is 6.57. The molecule has 0 bridgehead atoms. The van der Waals surface area contributed by atoms with Crippen molar-refractivity contribution in [1.82, 2.24) is 0 Å². The predicted octanol–water partition coefficient (Wildman–Crippen LogP) is 3.90. The second-order valence-electron chi connectivity index (χ2n) is 5.56. The molecule has 0 aliphatic carbocycles. The Kier molecular flexibility index (Phi) is 4.33. The van der Waals surface area contributed by atoms with Gasteiger partial charge in [-0.3, -0.25) is 0 Å². The molecule has 0 spiro atoms. The summed E-state index contributed by atoms with van der Waals surface area (Å²) in [4.78, 5) is 11.5. The highest BCUT2D eigenvalue weighted by atomic mass is 16.5. The Morgan fingerprint density at radius 2 is 1.83 bits per heavy atom. The Bertz CT molecular complexity index is 866. The lowest BCUT2D eigenvalue weighted by Gasteiger charge is -2.09. The van der Waals surface area contributed by atoms with Crippen molar-refractivity contribution in [1.29, 1.82) is 0 Å². The molecular formula is C19H19NO3. The normalized spacial score (nSPS) is 10.7. The summed E-state index contributed by atoms with van der Waals surface area (Å²) < 4.78 is 10.9. The Balaban J connectivity index is 1.60. The Hall–Kier alpha value is -2.75. The first-order valence-corrected chi connectivity index (χ1v) is 7.60. The van der Waals surface area contributed by atoms with E-state index in [0.29, 0.717) is 24.3 Å². The molecule has 0 amide bonds. The first-order chi connectivity index (χ1) is 11.1. The summed E-state index contributed by atoms with van der Waals surface area (Å²) in [5, 5.41) is 4.22. The number of ether oxygens (including phenoxy) is 1. The summed E-state index contributed by atoms with van der Waals surface area (Å²) in [6.45, 7) is 5.06. The molecule has 0 saturated heterocycles. The van der Waals surface area contributed by atoms with Crippen LogP contribution in [0.4, 0.5) is 5.69 Å². The highest BCUT2D eigenvalue weighted by Crippen LogP contribution is 2.18. The fourth-order valence-electron chi connectivity index (χ4n) is 2.34. The molecule has 118 valence electrons. The van der Waals surface area contributed by atoms with Crippen LogP contribution in [-0.2, 0) is 0 Å². The van der Waals surface area contributed by atoms with Crippen molar-refractivity contribution in [2.75, 3.05) is 18.5 Å². The van der Waals surface area contributed by atoms with E-state index in [9.17, 15) is 4.79 Å². The zero-order valence-electron chi connectivity index (χ0n) is 13.3. The topological polar surface area (TPSA) is 51.5 Å². The van der Waals surface area contributed by atoms with Crippen LogP contribution in [-0.4, -0.2) is 13.2 Å². The molecule has 2 aromatic carbocycles. The lowest BCUT2D eigenvalue weighted by atomic mass is 10.2. The minimum absolute atomic E-state index is 0.287. The highest BCUT2D eigenvalue weighted by Gasteiger charge is 2.02. The van der Waals surface area contributed by atoms with E-state index in [1.807, 2.05) is 42.5 Å². The van der Waals surface area contributed by atoms with E-state index in [1.54, 1.807) is 13.0 Å². The van der Waals surface area contributed by atoms with E-state index >= 15 is 0 Å². The van der Waals surface area contributed by atoms with Crippen LogP contribution in [0.2, 0.25) is 0 Å².